The molecule has 0 aliphatic rings. The zero-order valence-electron chi connectivity index (χ0n) is 17.4. The van der Waals surface area contributed by atoms with Gasteiger partial charge in [0.25, 0.3) is 17.3 Å². The molecule has 1 heterocycles. The van der Waals surface area contributed by atoms with E-state index in [4.69, 9.17) is 0 Å². The monoisotopic (exact) mass is 456 g/mol. The van der Waals surface area contributed by atoms with Crippen molar-refractivity contribution < 1.29 is 14.6 Å². The van der Waals surface area contributed by atoms with Crippen molar-refractivity contribution in [1.82, 2.24) is 15.2 Å². The second-order valence-corrected chi connectivity index (χ2v) is 7.03. The predicted molar refractivity (Wildman–Crippen MR) is 124 cm³/mol. The summed E-state index contributed by atoms with van der Waals surface area (Å²) >= 11 is 0. The van der Waals surface area contributed by atoms with Gasteiger partial charge in [-0.25, -0.2) is 10.1 Å². The first-order valence-electron chi connectivity index (χ1n) is 9.90. The van der Waals surface area contributed by atoms with Crippen LogP contribution in [0.5, 0.6) is 0 Å². The lowest BCUT2D eigenvalue weighted by Crippen LogP contribution is -2.17. The maximum absolute atomic E-state index is 12.4. The number of hydrogen-bond acceptors (Lipinski definition) is 7. The summed E-state index contributed by atoms with van der Waals surface area (Å²) in [6.07, 6.45) is 3.03. The molecule has 0 radical (unpaired) electrons. The molecule has 11 heteroatoms. The molecule has 0 saturated heterocycles. The number of nitro benzene ring substituents is 2. The second kappa shape index (κ2) is 9.53. The number of carbonyl (C=O) groups is 1. The number of hydrogen-bond donors (Lipinski definition) is 1. The van der Waals surface area contributed by atoms with Crippen LogP contribution in [0.4, 0.5) is 11.4 Å². The molecule has 3 aromatic carbocycles. The number of benzene rings is 3. The van der Waals surface area contributed by atoms with Gasteiger partial charge in [-0.3, -0.25) is 25.0 Å². The van der Waals surface area contributed by atoms with E-state index in [1.54, 1.807) is 23.0 Å². The Balaban J connectivity index is 1.65. The minimum absolute atomic E-state index is 0.0743. The highest BCUT2D eigenvalue weighted by molar-refractivity contribution is 5.96. The molecule has 0 spiro atoms. The lowest BCUT2D eigenvalue weighted by atomic mass is 10.1. The molecule has 1 N–H and O–H groups in total. The fourth-order valence-electron chi connectivity index (χ4n) is 3.17. The highest BCUT2D eigenvalue weighted by Crippen LogP contribution is 2.26. The highest BCUT2D eigenvalue weighted by atomic mass is 16.6. The van der Waals surface area contributed by atoms with Gasteiger partial charge in [-0.1, -0.05) is 36.4 Å². The number of rotatable bonds is 7. The Labute approximate surface area is 192 Å². The molecule has 0 saturated carbocycles. The Kier molecular flexibility index (Phi) is 6.17. The molecule has 168 valence electrons. The quantitative estimate of drug-likeness (QED) is 0.251. The van der Waals surface area contributed by atoms with Crippen molar-refractivity contribution >= 4 is 23.5 Å². The van der Waals surface area contributed by atoms with Crippen LogP contribution in [0.2, 0.25) is 0 Å². The van der Waals surface area contributed by atoms with Gasteiger partial charge in [0, 0.05) is 47.2 Å². The molecule has 0 aliphatic heterocycles. The standard InChI is InChI=1S/C23H16N6O5/c30-23(17-7-5-11-21(13-17)29(33)34)25-24-14-18-15-27(19-8-2-1-3-9-19)26-22(18)16-6-4-10-20(12-16)28(31)32/h1-15H,(H,25,30)/b24-14-. The third-order valence-electron chi connectivity index (χ3n) is 4.78. The smallest absolute Gasteiger partial charge is 0.267 e. The minimum atomic E-state index is -0.632. The van der Waals surface area contributed by atoms with Gasteiger partial charge in [-0.15, -0.1) is 0 Å². The van der Waals surface area contributed by atoms with Crippen LogP contribution >= 0.6 is 0 Å². The van der Waals surface area contributed by atoms with Crippen molar-refractivity contribution in [2.75, 3.05) is 0 Å². The van der Waals surface area contributed by atoms with Crippen molar-refractivity contribution in [2.24, 2.45) is 5.10 Å². The second-order valence-electron chi connectivity index (χ2n) is 7.03. The van der Waals surface area contributed by atoms with Gasteiger partial charge >= 0.3 is 0 Å². The van der Waals surface area contributed by atoms with Crippen LogP contribution in [0.1, 0.15) is 15.9 Å². The van der Waals surface area contributed by atoms with Gasteiger partial charge in [-0.05, 0) is 18.2 Å². The van der Waals surface area contributed by atoms with Crippen molar-refractivity contribution in [1.29, 1.82) is 0 Å². The molecule has 0 aliphatic carbocycles. The van der Waals surface area contributed by atoms with E-state index in [0.29, 0.717) is 16.8 Å². The molecule has 0 fully saturated rings. The van der Waals surface area contributed by atoms with Crippen LogP contribution in [0.15, 0.2) is 90.2 Å². The number of nitrogens with zero attached hydrogens (tertiary/aromatic N) is 5. The zero-order chi connectivity index (χ0) is 24.1. The van der Waals surface area contributed by atoms with Crippen LogP contribution in [0, 0.1) is 20.2 Å². The van der Waals surface area contributed by atoms with Gasteiger partial charge in [0.2, 0.25) is 0 Å². The number of non-ortho nitro benzene ring substituents is 2. The molecule has 0 bridgehead atoms. The first-order chi connectivity index (χ1) is 16.4. The molecule has 4 aromatic rings. The van der Waals surface area contributed by atoms with E-state index in [2.05, 4.69) is 15.6 Å². The number of nitro groups is 2. The van der Waals surface area contributed by atoms with E-state index >= 15 is 0 Å². The number of hydrazone groups is 1. The van der Waals surface area contributed by atoms with E-state index in [9.17, 15) is 25.0 Å². The van der Waals surface area contributed by atoms with Crippen LogP contribution in [0.25, 0.3) is 16.9 Å². The third kappa shape index (κ3) is 4.83. The fourth-order valence-corrected chi connectivity index (χ4v) is 3.17. The Morgan fingerprint density at radius 2 is 1.59 bits per heavy atom. The van der Waals surface area contributed by atoms with Gasteiger partial charge in [0.05, 0.1) is 21.7 Å². The van der Waals surface area contributed by atoms with Crippen molar-refractivity contribution in [3.8, 4) is 16.9 Å². The van der Waals surface area contributed by atoms with Gasteiger partial charge in [0.1, 0.15) is 5.69 Å². The average molecular weight is 456 g/mol. The summed E-state index contributed by atoms with van der Waals surface area (Å²) in [6.45, 7) is 0. The minimum Gasteiger partial charge on any atom is -0.267 e. The summed E-state index contributed by atoms with van der Waals surface area (Å²) in [6, 6.07) is 20.5. The Morgan fingerprint density at radius 1 is 0.912 bits per heavy atom. The molecule has 0 atom stereocenters. The van der Waals surface area contributed by atoms with Crippen molar-refractivity contribution in [3.05, 3.63) is 116 Å². The Bertz CT molecular complexity index is 1410. The van der Waals surface area contributed by atoms with Gasteiger partial charge < -0.3 is 0 Å². The lowest BCUT2D eigenvalue weighted by Gasteiger charge is -2.01. The number of aromatic nitrogens is 2. The molecule has 1 amide bonds. The maximum atomic E-state index is 12.4. The van der Waals surface area contributed by atoms with Crippen molar-refractivity contribution in [3.63, 3.8) is 0 Å². The van der Waals surface area contributed by atoms with Crippen LogP contribution in [0.3, 0.4) is 0 Å². The topological polar surface area (TPSA) is 146 Å². The number of carbonyl (C=O) groups excluding carboxylic acids is 1. The number of amides is 1. The lowest BCUT2D eigenvalue weighted by molar-refractivity contribution is -0.385. The van der Waals surface area contributed by atoms with E-state index in [-0.39, 0.29) is 16.9 Å². The Hall–Kier alpha value is -5.19. The molecule has 11 nitrogen and oxygen atoms in total. The zero-order valence-corrected chi connectivity index (χ0v) is 17.4. The molecule has 4 rings (SSSR count). The molecule has 34 heavy (non-hydrogen) atoms. The third-order valence-corrected chi connectivity index (χ3v) is 4.78. The van der Waals surface area contributed by atoms with Crippen LogP contribution in [-0.4, -0.2) is 31.7 Å². The highest BCUT2D eigenvalue weighted by Gasteiger charge is 2.15. The summed E-state index contributed by atoms with van der Waals surface area (Å²) in [7, 11) is 0. The normalized spacial score (nSPS) is 10.8. The molecule has 0 unspecified atom stereocenters. The SMILES string of the molecule is O=C(N/N=C\c1cn(-c2ccccc2)nc1-c1cccc([N+](=O)[O-])c1)c1cccc([N+](=O)[O-])c1. The van der Waals surface area contributed by atoms with Crippen LogP contribution in [-0.2, 0) is 0 Å². The summed E-state index contributed by atoms with van der Waals surface area (Å²) in [5.74, 6) is -0.632. The predicted octanol–water partition coefficient (Wildman–Crippen LogP) is 4.12. The largest absolute Gasteiger partial charge is 0.271 e. The van der Waals surface area contributed by atoms with Crippen LogP contribution < -0.4 is 5.43 Å². The average Bonchev–Trinajstić information content (AvgIpc) is 3.29. The number of nitrogens with one attached hydrogen (secondary N) is 1. The first kappa shape index (κ1) is 22.0. The first-order valence-corrected chi connectivity index (χ1v) is 9.90. The van der Waals surface area contributed by atoms with E-state index < -0.39 is 15.8 Å². The van der Waals surface area contributed by atoms with E-state index in [1.165, 1.54) is 36.5 Å². The van der Waals surface area contributed by atoms with E-state index in [1.807, 2.05) is 30.3 Å². The van der Waals surface area contributed by atoms with Gasteiger partial charge in [0.15, 0.2) is 0 Å². The fraction of sp³-hybridized carbons (Fsp3) is 0. The summed E-state index contributed by atoms with van der Waals surface area (Å²) in [5, 5.41) is 30.6. The van der Waals surface area contributed by atoms with E-state index in [0.717, 1.165) is 11.8 Å². The summed E-state index contributed by atoms with van der Waals surface area (Å²) in [4.78, 5) is 33.4. The molecular weight excluding hydrogens is 440 g/mol. The summed E-state index contributed by atoms with van der Waals surface area (Å²) < 4.78 is 1.60. The molecule has 1 aromatic heterocycles. The maximum Gasteiger partial charge on any atom is 0.271 e. The molecular formula is C23H16N6O5. The Morgan fingerprint density at radius 3 is 2.29 bits per heavy atom. The summed E-state index contributed by atoms with van der Waals surface area (Å²) in [5.41, 5.74) is 4.27. The van der Waals surface area contributed by atoms with Gasteiger partial charge in [-0.2, -0.15) is 10.2 Å². The van der Waals surface area contributed by atoms with Crippen molar-refractivity contribution in [2.45, 2.75) is 0 Å². The number of para-hydroxylation sites is 1.